The minimum Gasteiger partial charge on any atom is -0.454 e. The van der Waals surface area contributed by atoms with E-state index in [9.17, 15) is 0 Å². The lowest BCUT2D eigenvalue weighted by Gasteiger charge is -2.12. The van der Waals surface area contributed by atoms with E-state index in [1.165, 1.54) is 5.56 Å². The molecule has 0 amide bonds. The highest BCUT2D eigenvalue weighted by Crippen LogP contribution is 2.35. The SMILES string of the molecule is Cc1ccc(C)c(Nc2cc(Nc3ccc4c(c3)OCO4)nc(C)n2)c1. The third-order valence-corrected chi connectivity index (χ3v) is 4.14. The zero-order valence-corrected chi connectivity index (χ0v) is 15.0. The number of nitrogens with one attached hydrogen (secondary N) is 2. The van der Waals surface area contributed by atoms with Crippen molar-refractivity contribution in [3.63, 3.8) is 0 Å². The minimum absolute atomic E-state index is 0.259. The number of hydrogen-bond acceptors (Lipinski definition) is 6. The zero-order valence-electron chi connectivity index (χ0n) is 15.0. The van der Waals surface area contributed by atoms with Crippen molar-refractivity contribution in [3.8, 4) is 11.5 Å². The molecule has 0 fully saturated rings. The predicted molar refractivity (Wildman–Crippen MR) is 102 cm³/mol. The van der Waals surface area contributed by atoms with Crippen LogP contribution in [0.4, 0.5) is 23.0 Å². The molecule has 0 radical (unpaired) electrons. The fourth-order valence-corrected chi connectivity index (χ4v) is 2.83. The topological polar surface area (TPSA) is 68.3 Å². The van der Waals surface area contributed by atoms with E-state index in [0.29, 0.717) is 11.6 Å². The molecule has 6 heteroatoms. The van der Waals surface area contributed by atoms with E-state index < -0.39 is 0 Å². The van der Waals surface area contributed by atoms with Crippen molar-refractivity contribution >= 4 is 23.0 Å². The maximum absolute atomic E-state index is 5.42. The molecule has 0 saturated heterocycles. The van der Waals surface area contributed by atoms with Crippen molar-refractivity contribution in [2.45, 2.75) is 20.8 Å². The van der Waals surface area contributed by atoms with E-state index >= 15 is 0 Å². The van der Waals surface area contributed by atoms with Crippen LogP contribution in [-0.4, -0.2) is 16.8 Å². The maximum atomic E-state index is 5.42. The van der Waals surface area contributed by atoms with Gasteiger partial charge in [0.15, 0.2) is 11.5 Å². The highest BCUT2D eigenvalue weighted by Gasteiger charge is 2.13. The molecule has 1 aliphatic heterocycles. The van der Waals surface area contributed by atoms with Crippen molar-refractivity contribution in [1.82, 2.24) is 9.97 Å². The smallest absolute Gasteiger partial charge is 0.231 e. The van der Waals surface area contributed by atoms with Gasteiger partial charge in [0.1, 0.15) is 17.5 Å². The second kappa shape index (κ2) is 6.55. The Labute approximate surface area is 152 Å². The summed E-state index contributed by atoms with van der Waals surface area (Å²) < 4.78 is 10.8. The molecule has 4 rings (SSSR count). The molecule has 2 aromatic carbocycles. The molecule has 1 aromatic heterocycles. The molecule has 2 heterocycles. The Morgan fingerprint density at radius 1 is 0.808 bits per heavy atom. The third-order valence-electron chi connectivity index (χ3n) is 4.14. The van der Waals surface area contributed by atoms with Gasteiger partial charge >= 0.3 is 0 Å². The first-order valence-corrected chi connectivity index (χ1v) is 8.43. The Kier molecular flexibility index (Phi) is 4.08. The number of anilines is 4. The van der Waals surface area contributed by atoms with E-state index in [2.05, 4.69) is 52.6 Å². The van der Waals surface area contributed by atoms with Gasteiger partial charge in [-0.25, -0.2) is 9.97 Å². The van der Waals surface area contributed by atoms with Gasteiger partial charge < -0.3 is 20.1 Å². The molecule has 132 valence electrons. The second-order valence-corrected chi connectivity index (χ2v) is 6.32. The minimum atomic E-state index is 0.259. The normalized spacial score (nSPS) is 12.1. The third kappa shape index (κ3) is 3.39. The summed E-state index contributed by atoms with van der Waals surface area (Å²) >= 11 is 0. The van der Waals surface area contributed by atoms with Crippen molar-refractivity contribution in [2.75, 3.05) is 17.4 Å². The Morgan fingerprint density at radius 3 is 2.42 bits per heavy atom. The second-order valence-electron chi connectivity index (χ2n) is 6.32. The molecule has 2 N–H and O–H groups in total. The number of rotatable bonds is 4. The number of aromatic nitrogens is 2. The molecule has 0 atom stereocenters. The van der Waals surface area contributed by atoms with Crippen LogP contribution in [0, 0.1) is 20.8 Å². The van der Waals surface area contributed by atoms with Crippen LogP contribution in [0.3, 0.4) is 0 Å². The quantitative estimate of drug-likeness (QED) is 0.717. The van der Waals surface area contributed by atoms with Crippen LogP contribution in [0.25, 0.3) is 0 Å². The average Bonchev–Trinajstić information content (AvgIpc) is 3.05. The molecule has 1 aliphatic rings. The van der Waals surface area contributed by atoms with Crippen LogP contribution in [0.2, 0.25) is 0 Å². The van der Waals surface area contributed by atoms with Crippen LogP contribution < -0.4 is 20.1 Å². The summed E-state index contributed by atoms with van der Waals surface area (Å²) in [4.78, 5) is 8.96. The Hall–Kier alpha value is -3.28. The lowest BCUT2D eigenvalue weighted by atomic mass is 10.1. The van der Waals surface area contributed by atoms with Crippen molar-refractivity contribution in [1.29, 1.82) is 0 Å². The molecule has 6 nitrogen and oxygen atoms in total. The summed E-state index contributed by atoms with van der Waals surface area (Å²) in [5.41, 5.74) is 4.28. The molecular weight excluding hydrogens is 328 g/mol. The van der Waals surface area contributed by atoms with Gasteiger partial charge in [-0.15, -0.1) is 0 Å². The van der Waals surface area contributed by atoms with Gasteiger partial charge in [0, 0.05) is 23.5 Å². The number of fused-ring (bicyclic) bond motifs is 1. The average molecular weight is 348 g/mol. The van der Waals surface area contributed by atoms with Crippen LogP contribution >= 0.6 is 0 Å². The first-order chi connectivity index (χ1) is 12.6. The van der Waals surface area contributed by atoms with E-state index in [4.69, 9.17) is 9.47 Å². The molecule has 0 unspecified atom stereocenters. The van der Waals surface area contributed by atoms with E-state index in [0.717, 1.165) is 34.3 Å². The number of nitrogens with zero attached hydrogens (tertiary/aromatic N) is 2. The van der Waals surface area contributed by atoms with Crippen molar-refractivity contribution in [2.24, 2.45) is 0 Å². The van der Waals surface area contributed by atoms with Gasteiger partial charge in [-0.1, -0.05) is 12.1 Å². The number of hydrogen-bond donors (Lipinski definition) is 2. The number of benzene rings is 2. The highest BCUT2D eigenvalue weighted by molar-refractivity contribution is 5.67. The first kappa shape index (κ1) is 16.2. The molecule has 0 aliphatic carbocycles. The zero-order chi connectivity index (χ0) is 18.1. The molecule has 26 heavy (non-hydrogen) atoms. The molecule has 3 aromatic rings. The summed E-state index contributed by atoms with van der Waals surface area (Å²) in [6.07, 6.45) is 0. The highest BCUT2D eigenvalue weighted by atomic mass is 16.7. The molecule has 0 bridgehead atoms. The summed E-state index contributed by atoms with van der Waals surface area (Å²) in [5.74, 6) is 3.63. The summed E-state index contributed by atoms with van der Waals surface area (Å²) in [6.45, 7) is 6.28. The number of ether oxygens (including phenoxy) is 2. The Balaban J connectivity index is 1.59. The van der Waals surface area contributed by atoms with E-state index in [1.807, 2.05) is 31.2 Å². The molecular formula is C20H20N4O2. The Morgan fingerprint density at radius 2 is 1.58 bits per heavy atom. The lowest BCUT2D eigenvalue weighted by Crippen LogP contribution is -2.02. The van der Waals surface area contributed by atoms with Crippen LogP contribution in [0.1, 0.15) is 17.0 Å². The van der Waals surface area contributed by atoms with Crippen LogP contribution in [0.5, 0.6) is 11.5 Å². The first-order valence-electron chi connectivity index (χ1n) is 8.43. The van der Waals surface area contributed by atoms with Gasteiger partial charge in [-0.3, -0.25) is 0 Å². The van der Waals surface area contributed by atoms with Crippen molar-refractivity contribution < 1.29 is 9.47 Å². The van der Waals surface area contributed by atoms with Gasteiger partial charge in [-0.2, -0.15) is 0 Å². The van der Waals surface area contributed by atoms with E-state index in [1.54, 1.807) is 0 Å². The summed E-state index contributed by atoms with van der Waals surface area (Å²) in [6, 6.07) is 13.9. The largest absolute Gasteiger partial charge is 0.454 e. The lowest BCUT2D eigenvalue weighted by molar-refractivity contribution is 0.174. The maximum Gasteiger partial charge on any atom is 0.231 e. The molecule has 0 spiro atoms. The number of aryl methyl sites for hydroxylation is 3. The fourth-order valence-electron chi connectivity index (χ4n) is 2.83. The van der Waals surface area contributed by atoms with Gasteiger partial charge in [0.25, 0.3) is 0 Å². The van der Waals surface area contributed by atoms with Gasteiger partial charge in [-0.05, 0) is 50.1 Å². The van der Waals surface area contributed by atoms with Gasteiger partial charge in [0.05, 0.1) is 0 Å². The van der Waals surface area contributed by atoms with Crippen LogP contribution in [0.15, 0.2) is 42.5 Å². The fraction of sp³-hybridized carbons (Fsp3) is 0.200. The van der Waals surface area contributed by atoms with Gasteiger partial charge in [0.2, 0.25) is 6.79 Å². The molecule has 0 saturated carbocycles. The standard InChI is InChI=1S/C20H20N4O2/c1-12-4-5-13(2)16(8-12)24-20-10-19(21-14(3)22-20)23-15-6-7-17-18(9-15)26-11-25-17/h4-10H,11H2,1-3H3,(H2,21,22,23,24). The van der Waals surface area contributed by atoms with Crippen LogP contribution in [-0.2, 0) is 0 Å². The van der Waals surface area contributed by atoms with Crippen molar-refractivity contribution in [3.05, 3.63) is 59.4 Å². The van der Waals surface area contributed by atoms with E-state index in [-0.39, 0.29) is 6.79 Å². The summed E-state index contributed by atoms with van der Waals surface area (Å²) in [7, 11) is 0. The Bertz CT molecular complexity index is 972. The predicted octanol–water partition coefficient (Wildman–Crippen LogP) is 4.62. The monoisotopic (exact) mass is 348 g/mol. The summed E-state index contributed by atoms with van der Waals surface area (Å²) in [5, 5.41) is 6.69.